The monoisotopic (exact) mass is 934 g/mol. The number of rotatable bonds is 18. The number of benzene rings is 2. The minimum Gasteiger partial charge on any atom is -0.508 e. The van der Waals surface area contributed by atoms with Gasteiger partial charge in [0.25, 0.3) is 0 Å². The van der Waals surface area contributed by atoms with Gasteiger partial charge in [-0.15, -0.1) is 0 Å². The van der Waals surface area contributed by atoms with Gasteiger partial charge in [-0.1, -0.05) is 6.07 Å². The van der Waals surface area contributed by atoms with Crippen LogP contribution in [0.3, 0.4) is 0 Å². The Morgan fingerprint density at radius 3 is 1.20 bits per heavy atom. The SMILES string of the molecule is CC(=O)OC[C@H]1OC(Oc2ccc(CCC(=O)c3ccc(OC4O[C@H](COC(C)=O)[C@@H](OC(C)=O)[C@H](OC(C)=O)[C@H]4OC(C)=O)cc3O)c(O)c2)[C@H](OC(C)=O)[C@@H](OC(C)=O)[C@@H]1OC(C)=O. The number of esters is 8. The van der Waals surface area contributed by atoms with Crippen LogP contribution in [-0.2, 0) is 92.1 Å². The fourth-order valence-corrected chi connectivity index (χ4v) is 6.87. The maximum absolute atomic E-state index is 13.4. The van der Waals surface area contributed by atoms with Crippen LogP contribution in [0.25, 0.3) is 0 Å². The van der Waals surface area contributed by atoms with Gasteiger partial charge in [0.1, 0.15) is 48.4 Å². The van der Waals surface area contributed by atoms with E-state index in [0.29, 0.717) is 0 Å². The van der Waals surface area contributed by atoms with E-state index < -0.39 is 134 Å². The van der Waals surface area contributed by atoms with Gasteiger partial charge in [0.05, 0.1) is 5.56 Å². The molecule has 23 nitrogen and oxygen atoms in total. The van der Waals surface area contributed by atoms with Gasteiger partial charge in [0.2, 0.25) is 24.8 Å². The quantitative estimate of drug-likeness (QED) is 0.122. The summed E-state index contributed by atoms with van der Waals surface area (Å²) in [5.74, 6) is -8.20. The molecule has 2 aliphatic heterocycles. The Morgan fingerprint density at radius 2 is 0.833 bits per heavy atom. The van der Waals surface area contributed by atoms with Crippen molar-refractivity contribution in [2.45, 2.75) is 130 Å². The number of ketones is 1. The second-order valence-corrected chi connectivity index (χ2v) is 14.8. The van der Waals surface area contributed by atoms with E-state index in [9.17, 15) is 53.4 Å². The molecule has 0 radical (unpaired) electrons. The number of aryl methyl sites for hydroxylation is 1. The largest absolute Gasteiger partial charge is 0.508 e. The minimum absolute atomic E-state index is 0.0617. The molecule has 2 fully saturated rings. The second kappa shape index (κ2) is 23.3. The van der Waals surface area contributed by atoms with E-state index in [2.05, 4.69) is 0 Å². The zero-order chi connectivity index (χ0) is 49.0. The molecule has 0 aromatic heterocycles. The molecule has 4 rings (SSSR count). The molecule has 2 aliphatic rings. The van der Waals surface area contributed by atoms with Crippen LogP contribution < -0.4 is 9.47 Å². The van der Waals surface area contributed by atoms with Crippen LogP contribution in [-0.4, -0.2) is 138 Å². The van der Waals surface area contributed by atoms with Crippen molar-refractivity contribution < 1.29 is 110 Å². The predicted octanol–water partition coefficient (Wildman–Crippen LogP) is 1.84. The maximum atomic E-state index is 13.4. The van der Waals surface area contributed by atoms with E-state index in [-0.39, 0.29) is 41.2 Å². The molecular formula is C43H50O23. The summed E-state index contributed by atoms with van der Waals surface area (Å²) in [7, 11) is 0. The molecule has 2 aromatic carbocycles. The Balaban J connectivity index is 1.52. The summed E-state index contributed by atoms with van der Waals surface area (Å²) in [4.78, 5) is 109. The first-order valence-electron chi connectivity index (χ1n) is 20.1. The van der Waals surface area contributed by atoms with Crippen molar-refractivity contribution in [3.63, 3.8) is 0 Å². The van der Waals surface area contributed by atoms with Crippen molar-refractivity contribution in [3.05, 3.63) is 47.5 Å². The van der Waals surface area contributed by atoms with Crippen molar-refractivity contribution in [1.29, 1.82) is 0 Å². The Kier molecular flexibility index (Phi) is 18.2. The molecule has 0 aliphatic carbocycles. The molecule has 10 atom stereocenters. The predicted molar refractivity (Wildman–Crippen MR) is 214 cm³/mol. The van der Waals surface area contributed by atoms with Gasteiger partial charge >= 0.3 is 47.8 Å². The molecule has 66 heavy (non-hydrogen) atoms. The van der Waals surface area contributed by atoms with Crippen LogP contribution >= 0.6 is 0 Å². The molecule has 2 unspecified atom stereocenters. The highest BCUT2D eigenvalue weighted by molar-refractivity contribution is 5.98. The first-order chi connectivity index (χ1) is 31.0. The van der Waals surface area contributed by atoms with Crippen LogP contribution in [0.15, 0.2) is 36.4 Å². The molecule has 0 saturated carbocycles. The van der Waals surface area contributed by atoms with Crippen molar-refractivity contribution in [2.75, 3.05) is 13.2 Å². The Bertz CT molecular complexity index is 2150. The second-order valence-electron chi connectivity index (χ2n) is 14.8. The zero-order valence-corrected chi connectivity index (χ0v) is 37.0. The molecule has 0 spiro atoms. The summed E-state index contributed by atoms with van der Waals surface area (Å²) >= 11 is 0. The standard InChI is InChI=1S/C43H50O23/c1-19(44)55-17-34-36(57-21(3)46)38(59-23(5)48)40(61-25(7)50)42(65-34)63-28-11-9-27(32(53)15-28)10-14-31(52)30-13-12-29(16-33(30)54)64-43-41(62-26(8)51)39(60-24(6)49)37(58-22(4)47)35(66-43)18-56-20(2)45/h9,11-13,15-16,34-43,53-54H,10,14,17-18H2,1-8H3/t34-,35-,36-,37-,38+,39+,40-,41-,42?,43?/m1/s1. The van der Waals surface area contributed by atoms with Crippen LogP contribution in [0.5, 0.6) is 23.0 Å². The summed E-state index contributed by atoms with van der Waals surface area (Å²) < 4.78 is 66.1. The first kappa shape index (κ1) is 51.6. The molecule has 2 aromatic rings. The fourth-order valence-electron chi connectivity index (χ4n) is 6.87. The zero-order valence-electron chi connectivity index (χ0n) is 37.0. The van der Waals surface area contributed by atoms with E-state index in [4.69, 9.17) is 56.8 Å². The van der Waals surface area contributed by atoms with Crippen LogP contribution in [0.2, 0.25) is 0 Å². The third-order valence-corrected chi connectivity index (χ3v) is 9.35. The Morgan fingerprint density at radius 1 is 0.470 bits per heavy atom. The van der Waals surface area contributed by atoms with E-state index >= 15 is 0 Å². The van der Waals surface area contributed by atoms with Gasteiger partial charge in [-0.2, -0.15) is 0 Å². The average molecular weight is 935 g/mol. The summed E-state index contributed by atoms with van der Waals surface area (Å²) in [5, 5.41) is 21.9. The number of hydrogen-bond donors (Lipinski definition) is 2. The molecular weight excluding hydrogens is 884 g/mol. The van der Waals surface area contributed by atoms with Gasteiger partial charge in [0, 0.05) is 73.9 Å². The highest BCUT2D eigenvalue weighted by atomic mass is 16.7. The smallest absolute Gasteiger partial charge is 0.303 e. The van der Waals surface area contributed by atoms with Gasteiger partial charge < -0.3 is 67.1 Å². The van der Waals surface area contributed by atoms with Crippen molar-refractivity contribution in [3.8, 4) is 23.0 Å². The van der Waals surface area contributed by atoms with E-state index in [1.165, 1.54) is 24.3 Å². The van der Waals surface area contributed by atoms with Gasteiger partial charge in [-0.3, -0.25) is 43.2 Å². The topological polar surface area (TPSA) is 305 Å². The molecule has 360 valence electrons. The lowest BCUT2D eigenvalue weighted by Gasteiger charge is -2.43. The highest BCUT2D eigenvalue weighted by Gasteiger charge is 2.55. The molecule has 0 bridgehead atoms. The molecule has 2 saturated heterocycles. The Labute approximate surface area is 376 Å². The van der Waals surface area contributed by atoms with Crippen LogP contribution in [0.4, 0.5) is 0 Å². The average Bonchev–Trinajstić information content (AvgIpc) is 3.19. The molecule has 0 amide bonds. The summed E-state index contributed by atoms with van der Waals surface area (Å²) in [6.45, 7) is 7.59. The van der Waals surface area contributed by atoms with E-state index in [0.717, 1.165) is 67.5 Å². The lowest BCUT2D eigenvalue weighted by atomic mass is 9.98. The Hall–Kier alpha value is -7.01. The number of hydrogen-bond acceptors (Lipinski definition) is 23. The van der Waals surface area contributed by atoms with Gasteiger partial charge in [-0.05, 0) is 30.2 Å². The molecule has 23 heteroatoms. The van der Waals surface area contributed by atoms with E-state index in [1.807, 2.05) is 0 Å². The van der Waals surface area contributed by atoms with Crippen molar-refractivity contribution in [1.82, 2.24) is 0 Å². The minimum atomic E-state index is -1.62. The van der Waals surface area contributed by atoms with Crippen molar-refractivity contribution >= 4 is 53.5 Å². The van der Waals surface area contributed by atoms with E-state index in [1.54, 1.807) is 0 Å². The number of carbonyl (C=O) groups excluding carboxylic acids is 9. The third-order valence-electron chi connectivity index (χ3n) is 9.35. The third kappa shape index (κ3) is 14.8. The molecule has 2 N–H and O–H groups in total. The highest BCUT2D eigenvalue weighted by Crippen LogP contribution is 2.35. The first-order valence-corrected chi connectivity index (χ1v) is 20.1. The number of phenolic OH excluding ortho intramolecular Hbond substituents is 2. The number of ether oxygens (including phenoxy) is 12. The lowest BCUT2D eigenvalue weighted by molar-refractivity contribution is -0.288. The number of carbonyl (C=O) groups is 9. The van der Waals surface area contributed by atoms with Crippen LogP contribution in [0.1, 0.15) is 77.7 Å². The van der Waals surface area contributed by atoms with Crippen molar-refractivity contribution in [2.24, 2.45) is 0 Å². The normalized spacial score (nSPS) is 24.5. The summed E-state index contributed by atoms with van der Waals surface area (Å²) in [6.07, 6.45) is -15.1. The van der Waals surface area contributed by atoms with Gasteiger partial charge in [-0.25, -0.2) is 0 Å². The molecule has 2 heterocycles. The summed E-state index contributed by atoms with van der Waals surface area (Å²) in [5.41, 5.74) is 0.0901. The number of aromatic hydroxyl groups is 2. The number of Topliss-reactive ketones (excluding diaryl/α,β-unsaturated/α-hetero) is 1. The summed E-state index contributed by atoms with van der Waals surface area (Å²) in [6, 6.07) is 7.50. The van der Waals surface area contributed by atoms with Crippen LogP contribution in [0, 0.1) is 0 Å². The van der Waals surface area contributed by atoms with Gasteiger partial charge in [0.15, 0.2) is 30.2 Å². The fraction of sp³-hybridized carbons (Fsp3) is 0.512. The lowest BCUT2D eigenvalue weighted by Crippen LogP contribution is -2.63. The maximum Gasteiger partial charge on any atom is 0.303 e. The number of phenols is 2.